The Balaban J connectivity index is 2.03. The van der Waals surface area contributed by atoms with Crippen molar-refractivity contribution in [3.63, 3.8) is 0 Å². The predicted octanol–water partition coefficient (Wildman–Crippen LogP) is 3.24. The van der Waals surface area contributed by atoms with Gasteiger partial charge in [-0.15, -0.1) is 6.58 Å². The van der Waals surface area contributed by atoms with Gasteiger partial charge in [-0.2, -0.15) is 0 Å². The lowest BCUT2D eigenvalue weighted by Gasteiger charge is -2.12. The lowest BCUT2D eigenvalue weighted by Crippen LogP contribution is -2.15. The van der Waals surface area contributed by atoms with Crippen LogP contribution in [0.1, 0.15) is 11.1 Å². The van der Waals surface area contributed by atoms with E-state index < -0.39 is 10.0 Å². The number of fused-ring (bicyclic) bond motifs is 1. The summed E-state index contributed by atoms with van der Waals surface area (Å²) in [6, 6.07) is 18.6. The number of aromatic nitrogens is 2. The van der Waals surface area contributed by atoms with Crippen LogP contribution in [-0.2, 0) is 16.4 Å². The van der Waals surface area contributed by atoms with Gasteiger partial charge in [0.15, 0.2) is 5.65 Å². The first-order valence-electron chi connectivity index (χ1n) is 9.41. The molecule has 0 bridgehead atoms. The molecule has 0 N–H and O–H groups in total. The van der Waals surface area contributed by atoms with Crippen LogP contribution >= 0.6 is 0 Å². The zero-order valence-electron chi connectivity index (χ0n) is 16.5. The molecule has 29 heavy (non-hydrogen) atoms. The largest absolute Gasteiger partial charge is 0.269 e. The van der Waals surface area contributed by atoms with Gasteiger partial charge in [0.05, 0.1) is 10.6 Å². The molecular weight excluding hydrogens is 379 g/mol. The molecule has 4 rings (SSSR count). The Kier molecular flexibility index (Phi) is 4.88. The second-order valence-electron chi connectivity index (χ2n) is 7.17. The highest BCUT2D eigenvalue weighted by molar-refractivity contribution is 7.90. The highest BCUT2D eigenvalue weighted by atomic mass is 32.2. The maximum absolute atomic E-state index is 13.6. The molecule has 2 aromatic heterocycles. The van der Waals surface area contributed by atoms with Crippen molar-refractivity contribution in [1.29, 1.82) is 0 Å². The minimum absolute atomic E-state index is 0.243. The van der Waals surface area contributed by atoms with Crippen LogP contribution in [0.4, 0.5) is 0 Å². The van der Waals surface area contributed by atoms with Crippen LogP contribution in [0, 0.1) is 6.92 Å². The van der Waals surface area contributed by atoms with Gasteiger partial charge in [0.25, 0.3) is 10.0 Å². The minimum Gasteiger partial charge on any atom is -0.237 e. The third-order valence-electron chi connectivity index (χ3n) is 5.04. The molecule has 0 saturated carbocycles. The Labute approximate surface area is 172 Å². The smallest absolute Gasteiger partial charge is 0.237 e. The van der Waals surface area contributed by atoms with E-state index in [4.69, 9.17) is 0 Å². The van der Waals surface area contributed by atoms with E-state index in [1.54, 1.807) is 18.3 Å². The Bertz CT molecular complexity index is 1320. The third kappa shape index (κ3) is 3.40. The van der Waals surface area contributed by atoms with E-state index in [2.05, 4.69) is 11.6 Å². The van der Waals surface area contributed by atoms with Crippen molar-refractivity contribution in [3.8, 4) is 11.3 Å². The summed E-state index contributed by atoms with van der Waals surface area (Å²) in [4.78, 5) is 4.67. The monoisotopic (exact) mass is 400 g/mol. The highest BCUT2D eigenvalue weighted by Gasteiger charge is 2.25. The van der Waals surface area contributed by atoms with E-state index in [9.17, 15) is 8.42 Å². The average Bonchev–Trinajstić information content (AvgIpc) is 3.11. The molecule has 0 aliphatic rings. The first kappa shape index (κ1) is 19.2. The van der Waals surface area contributed by atoms with Gasteiger partial charge in [0, 0.05) is 11.6 Å². The second-order valence-corrected chi connectivity index (χ2v) is 8.96. The Morgan fingerprint density at radius 2 is 1.86 bits per heavy atom. The van der Waals surface area contributed by atoms with Crippen LogP contribution in [0.2, 0.25) is 0 Å². The van der Waals surface area contributed by atoms with Crippen LogP contribution in [0.15, 0.2) is 84.4 Å². The molecule has 2 heterocycles. The van der Waals surface area contributed by atoms with E-state index in [1.807, 2.05) is 69.4 Å². The third-order valence-corrected chi connectivity index (χ3v) is 6.76. The fourth-order valence-electron chi connectivity index (χ4n) is 3.49. The molecule has 144 valence electrons. The molecule has 6 heteroatoms. The molecule has 0 spiro atoms. The van der Waals surface area contributed by atoms with Crippen LogP contribution in [-0.4, -0.2) is 25.2 Å². The summed E-state index contributed by atoms with van der Waals surface area (Å²) in [7, 11) is -1.86. The van der Waals surface area contributed by atoms with Gasteiger partial charge in [-0.25, -0.2) is 17.4 Å². The fourth-order valence-corrected chi connectivity index (χ4v) is 4.97. The molecule has 4 nitrogen and oxygen atoms in total. The maximum atomic E-state index is 13.6. The molecule has 0 aliphatic carbocycles. The lowest BCUT2D eigenvalue weighted by molar-refractivity contribution is 0.589. The maximum Gasteiger partial charge on any atom is 0.269 e. The molecule has 0 radical (unpaired) electrons. The van der Waals surface area contributed by atoms with Gasteiger partial charge < -0.3 is 0 Å². The van der Waals surface area contributed by atoms with Crippen LogP contribution in [0.3, 0.4) is 0 Å². The topological polar surface area (TPSA) is 52.0 Å². The van der Waals surface area contributed by atoms with Gasteiger partial charge in [-0.05, 0) is 54.8 Å². The summed E-state index contributed by atoms with van der Waals surface area (Å²) in [5, 5.41) is 0.826. The Morgan fingerprint density at radius 1 is 1.10 bits per heavy atom. The van der Waals surface area contributed by atoms with Crippen molar-refractivity contribution < 1.29 is 8.42 Å². The predicted molar refractivity (Wildman–Crippen MR) is 121 cm³/mol. The summed E-state index contributed by atoms with van der Waals surface area (Å²) >= 11 is 0. The molecular formula is C23H21BN2O2S. The first-order chi connectivity index (χ1) is 13.9. The molecule has 0 saturated heterocycles. The van der Waals surface area contributed by atoms with Crippen LogP contribution < -0.4 is 5.46 Å². The Morgan fingerprint density at radius 3 is 2.59 bits per heavy atom. The first-order valence-corrected chi connectivity index (χ1v) is 10.9. The van der Waals surface area contributed by atoms with Crippen molar-refractivity contribution in [3.05, 3.63) is 90.6 Å². The second kappa shape index (κ2) is 7.37. The van der Waals surface area contributed by atoms with Gasteiger partial charge in [-0.1, -0.05) is 47.4 Å². The number of hydrogen-bond acceptors (Lipinski definition) is 3. The number of nitrogens with zero attached hydrogens (tertiary/aromatic N) is 2. The quantitative estimate of drug-likeness (QED) is 0.382. The van der Waals surface area contributed by atoms with Gasteiger partial charge in [0.1, 0.15) is 7.85 Å². The molecule has 0 aliphatic heterocycles. The normalized spacial score (nSPS) is 11.6. The summed E-state index contributed by atoms with van der Waals surface area (Å²) in [5.74, 6) is 0. The Hall–Kier alpha value is -3.12. The zero-order chi connectivity index (χ0) is 20.6. The van der Waals surface area contributed by atoms with Gasteiger partial charge in [-0.3, -0.25) is 0 Å². The van der Waals surface area contributed by atoms with E-state index in [0.717, 1.165) is 34.0 Å². The molecule has 2 aromatic carbocycles. The number of pyridine rings is 1. The van der Waals surface area contributed by atoms with Crippen LogP contribution in [0.25, 0.3) is 22.3 Å². The summed E-state index contributed by atoms with van der Waals surface area (Å²) < 4.78 is 28.7. The number of hydrogen-bond donors (Lipinski definition) is 0. The van der Waals surface area contributed by atoms with E-state index in [-0.39, 0.29) is 4.90 Å². The fraction of sp³-hybridized carbons (Fsp3) is 0.0870. The SMILES string of the molecule is Bc1ccnc2c1cc(-c1cccc(CC=C)c1)n2S(=O)(=O)c1ccc(C)cc1. The van der Waals surface area contributed by atoms with E-state index in [1.165, 1.54) is 3.97 Å². The van der Waals surface area contributed by atoms with E-state index in [0.29, 0.717) is 11.3 Å². The summed E-state index contributed by atoms with van der Waals surface area (Å²) in [6.07, 6.45) is 4.20. The van der Waals surface area contributed by atoms with Gasteiger partial charge in [0.2, 0.25) is 0 Å². The van der Waals surface area contributed by atoms with Crippen LogP contribution in [0.5, 0.6) is 0 Å². The van der Waals surface area contributed by atoms with Crippen molar-refractivity contribution in [2.45, 2.75) is 18.2 Å². The van der Waals surface area contributed by atoms with Gasteiger partial charge >= 0.3 is 0 Å². The van der Waals surface area contributed by atoms with Crippen molar-refractivity contribution in [1.82, 2.24) is 8.96 Å². The number of benzene rings is 2. The summed E-state index contributed by atoms with van der Waals surface area (Å²) in [5.41, 5.74) is 4.94. The van der Waals surface area contributed by atoms with Crippen molar-refractivity contribution in [2.24, 2.45) is 0 Å². The molecule has 0 fully saturated rings. The molecule has 0 atom stereocenters. The highest BCUT2D eigenvalue weighted by Crippen LogP contribution is 2.31. The van der Waals surface area contributed by atoms with E-state index >= 15 is 0 Å². The number of allylic oxidation sites excluding steroid dienone is 1. The number of rotatable bonds is 5. The minimum atomic E-state index is -3.83. The van der Waals surface area contributed by atoms with Crippen molar-refractivity contribution in [2.75, 3.05) is 0 Å². The summed E-state index contributed by atoms with van der Waals surface area (Å²) in [6.45, 7) is 5.73. The zero-order valence-corrected chi connectivity index (χ0v) is 17.3. The molecule has 4 aromatic rings. The molecule has 0 unspecified atom stereocenters. The standard InChI is InChI=1S/C23H21BN2O2S/c1-3-5-17-6-4-7-18(14-17)22-15-20-21(24)12-13-25-23(20)26(22)29(27,28)19-10-8-16(2)9-11-19/h3-4,6-15H,1,5,24H2,2H3. The molecule has 0 amide bonds. The van der Waals surface area contributed by atoms with Crippen molar-refractivity contribution >= 4 is 34.4 Å². The average molecular weight is 400 g/mol. The number of aryl methyl sites for hydroxylation is 1. The lowest BCUT2D eigenvalue weighted by atomic mass is 9.94.